The summed E-state index contributed by atoms with van der Waals surface area (Å²) in [6, 6.07) is 5.88. The van der Waals surface area contributed by atoms with E-state index in [1.807, 2.05) is 19.1 Å². The van der Waals surface area contributed by atoms with Crippen molar-refractivity contribution >= 4 is 23.4 Å². The molecule has 1 saturated heterocycles. The molecule has 1 aromatic carbocycles. The SMILES string of the molecule is CCOC(=O)N1CCC(NCc2cc(Cl)ccc2N)CC1. The van der Waals surface area contributed by atoms with E-state index in [9.17, 15) is 4.79 Å². The molecule has 116 valence electrons. The zero-order valence-electron chi connectivity index (χ0n) is 12.3. The summed E-state index contributed by atoms with van der Waals surface area (Å²) in [5.41, 5.74) is 7.69. The van der Waals surface area contributed by atoms with Gasteiger partial charge in [-0.2, -0.15) is 0 Å². The summed E-state index contributed by atoms with van der Waals surface area (Å²) in [6.45, 7) is 4.38. The van der Waals surface area contributed by atoms with Crippen molar-refractivity contribution in [1.29, 1.82) is 0 Å². The number of anilines is 1. The second kappa shape index (κ2) is 7.52. The van der Waals surface area contributed by atoms with Crippen LogP contribution in [0, 0.1) is 0 Å². The highest BCUT2D eigenvalue weighted by Crippen LogP contribution is 2.19. The first kappa shape index (κ1) is 15.9. The summed E-state index contributed by atoms with van der Waals surface area (Å²) in [6.07, 6.45) is 1.62. The number of nitrogens with zero attached hydrogens (tertiary/aromatic N) is 1. The fourth-order valence-corrected chi connectivity index (χ4v) is 2.66. The van der Waals surface area contributed by atoms with Crippen LogP contribution in [-0.4, -0.2) is 36.7 Å². The molecular weight excluding hydrogens is 290 g/mol. The molecule has 0 unspecified atom stereocenters. The molecule has 21 heavy (non-hydrogen) atoms. The maximum atomic E-state index is 11.6. The van der Waals surface area contributed by atoms with Crippen LogP contribution in [0.25, 0.3) is 0 Å². The van der Waals surface area contributed by atoms with Crippen molar-refractivity contribution < 1.29 is 9.53 Å². The second-order valence-electron chi connectivity index (χ2n) is 5.18. The van der Waals surface area contributed by atoms with Gasteiger partial charge in [0.25, 0.3) is 0 Å². The third-order valence-electron chi connectivity index (χ3n) is 3.71. The summed E-state index contributed by atoms with van der Waals surface area (Å²) in [5.74, 6) is 0. The predicted octanol–water partition coefficient (Wildman–Crippen LogP) is 2.63. The molecule has 0 aliphatic carbocycles. The van der Waals surface area contributed by atoms with Gasteiger partial charge in [-0.15, -0.1) is 0 Å². The van der Waals surface area contributed by atoms with Crippen molar-refractivity contribution in [3.05, 3.63) is 28.8 Å². The minimum atomic E-state index is -0.213. The van der Waals surface area contributed by atoms with Crippen LogP contribution in [0.4, 0.5) is 10.5 Å². The Bertz CT molecular complexity index is 488. The number of nitrogens with two attached hydrogens (primary N) is 1. The average molecular weight is 312 g/mol. The van der Waals surface area contributed by atoms with Crippen LogP contribution in [0.2, 0.25) is 5.02 Å². The molecule has 5 nitrogen and oxygen atoms in total. The van der Waals surface area contributed by atoms with E-state index in [1.165, 1.54) is 0 Å². The lowest BCUT2D eigenvalue weighted by atomic mass is 10.0. The third-order valence-corrected chi connectivity index (χ3v) is 3.94. The highest BCUT2D eigenvalue weighted by Gasteiger charge is 2.23. The van der Waals surface area contributed by atoms with Gasteiger partial charge in [-0.3, -0.25) is 0 Å². The Morgan fingerprint density at radius 3 is 2.86 bits per heavy atom. The number of likely N-dealkylation sites (tertiary alicyclic amines) is 1. The molecule has 1 aliphatic rings. The Labute approximate surface area is 130 Å². The standard InChI is InChI=1S/C15H22ClN3O2/c1-2-21-15(20)19-7-5-13(6-8-19)18-10-11-9-12(16)3-4-14(11)17/h3-4,9,13,18H,2,5-8,10,17H2,1H3. The molecule has 1 amide bonds. The summed E-state index contributed by atoms with van der Waals surface area (Å²) < 4.78 is 5.01. The van der Waals surface area contributed by atoms with Gasteiger partial charge in [-0.1, -0.05) is 11.6 Å². The normalized spacial score (nSPS) is 16.0. The molecule has 0 saturated carbocycles. The second-order valence-corrected chi connectivity index (χ2v) is 5.62. The Morgan fingerprint density at radius 2 is 2.19 bits per heavy atom. The molecule has 0 spiro atoms. The first-order chi connectivity index (χ1) is 10.1. The summed E-state index contributed by atoms with van der Waals surface area (Å²) in [4.78, 5) is 13.4. The number of ether oxygens (including phenoxy) is 1. The lowest BCUT2D eigenvalue weighted by molar-refractivity contribution is 0.0950. The smallest absolute Gasteiger partial charge is 0.409 e. The molecule has 0 aromatic heterocycles. The van der Waals surface area contributed by atoms with E-state index in [1.54, 1.807) is 11.0 Å². The number of hydrogen-bond donors (Lipinski definition) is 2. The highest BCUT2D eigenvalue weighted by atomic mass is 35.5. The van der Waals surface area contributed by atoms with Gasteiger partial charge < -0.3 is 20.7 Å². The molecule has 0 bridgehead atoms. The topological polar surface area (TPSA) is 67.6 Å². The van der Waals surface area contributed by atoms with Gasteiger partial charge in [0.2, 0.25) is 0 Å². The Balaban J connectivity index is 1.79. The van der Waals surface area contributed by atoms with E-state index in [0.29, 0.717) is 24.2 Å². The van der Waals surface area contributed by atoms with Gasteiger partial charge in [-0.25, -0.2) is 4.79 Å². The number of halogens is 1. The largest absolute Gasteiger partial charge is 0.450 e. The Hall–Kier alpha value is -1.46. The lowest BCUT2D eigenvalue weighted by Gasteiger charge is -2.31. The number of carbonyl (C=O) groups excluding carboxylic acids is 1. The minimum absolute atomic E-state index is 0.213. The molecule has 1 heterocycles. The lowest BCUT2D eigenvalue weighted by Crippen LogP contribution is -2.44. The molecular formula is C15H22ClN3O2. The fraction of sp³-hybridized carbons (Fsp3) is 0.533. The Kier molecular flexibility index (Phi) is 5.70. The first-order valence-electron chi connectivity index (χ1n) is 7.29. The summed E-state index contributed by atoms with van der Waals surface area (Å²) in [7, 11) is 0. The first-order valence-corrected chi connectivity index (χ1v) is 7.67. The minimum Gasteiger partial charge on any atom is -0.450 e. The van der Waals surface area contributed by atoms with Crippen LogP contribution < -0.4 is 11.1 Å². The van der Waals surface area contributed by atoms with Gasteiger partial charge in [-0.05, 0) is 43.5 Å². The van der Waals surface area contributed by atoms with Crippen LogP contribution >= 0.6 is 11.6 Å². The number of nitrogens with one attached hydrogen (secondary N) is 1. The fourth-order valence-electron chi connectivity index (χ4n) is 2.46. The number of carbonyl (C=O) groups is 1. The van der Waals surface area contributed by atoms with Crippen molar-refractivity contribution in [1.82, 2.24) is 10.2 Å². The zero-order valence-corrected chi connectivity index (χ0v) is 13.0. The van der Waals surface area contributed by atoms with E-state index in [2.05, 4.69) is 5.32 Å². The van der Waals surface area contributed by atoms with E-state index < -0.39 is 0 Å². The molecule has 1 aromatic rings. The van der Waals surface area contributed by atoms with Crippen molar-refractivity contribution in [2.45, 2.75) is 32.4 Å². The Morgan fingerprint density at radius 1 is 1.48 bits per heavy atom. The van der Waals surface area contributed by atoms with Crippen LogP contribution in [0.5, 0.6) is 0 Å². The highest BCUT2D eigenvalue weighted by molar-refractivity contribution is 6.30. The van der Waals surface area contributed by atoms with Crippen molar-refractivity contribution in [3.8, 4) is 0 Å². The number of rotatable bonds is 4. The monoisotopic (exact) mass is 311 g/mol. The maximum absolute atomic E-state index is 11.6. The van der Waals surface area contributed by atoms with Gasteiger partial charge in [0, 0.05) is 36.4 Å². The van der Waals surface area contributed by atoms with E-state index in [0.717, 1.165) is 37.2 Å². The van der Waals surface area contributed by atoms with Crippen molar-refractivity contribution in [2.24, 2.45) is 0 Å². The van der Waals surface area contributed by atoms with Crippen molar-refractivity contribution in [2.75, 3.05) is 25.4 Å². The van der Waals surface area contributed by atoms with E-state index in [-0.39, 0.29) is 6.09 Å². The zero-order chi connectivity index (χ0) is 15.2. The predicted molar refractivity (Wildman–Crippen MR) is 84.3 cm³/mol. The van der Waals surface area contributed by atoms with Gasteiger partial charge in [0.1, 0.15) is 0 Å². The molecule has 1 fully saturated rings. The van der Waals surface area contributed by atoms with Crippen LogP contribution in [0.1, 0.15) is 25.3 Å². The molecule has 6 heteroatoms. The van der Waals surface area contributed by atoms with Gasteiger partial charge in [0.15, 0.2) is 0 Å². The van der Waals surface area contributed by atoms with Crippen LogP contribution in [-0.2, 0) is 11.3 Å². The average Bonchev–Trinajstić information content (AvgIpc) is 2.49. The molecule has 2 rings (SSSR count). The number of hydrogen-bond acceptors (Lipinski definition) is 4. The maximum Gasteiger partial charge on any atom is 0.409 e. The molecule has 0 radical (unpaired) electrons. The number of piperidine rings is 1. The van der Waals surface area contributed by atoms with Gasteiger partial charge >= 0.3 is 6.09 Å². The summed E-state index contributed by atoms with van der Waals surface area (Å²) >= 11 is 5.98. The van der Waals surface area contributed by atoms with Crippen molar-refractivity contribution in [3.63, 3.8) is 0 Å². The number of benzene rings is 1. The van der Waals surface area contributed by atoms with E-state index in [4.69, 9.17) is 22.1 Å². The molecule has 3 N–H and O–H groups in total. The van der Waals surface area contributed by atoms with Crippen LogP contribution in [0.3, 0.4) is 0 Å². The molecule has 0 atom stereocenters. The molecule has 1 aliphatic heterocycles. The van der Waals surface area contributed by atoms with E-state index >= 15 is 0 Å². The number of amides is 1. The van der Waals surface area contributed by atoms with Gasteiger partial charge in [0.05, 0.1) is 6.61 Å². The number of nitrogen functional groups attached to an aromatic ring is 1. The summed E-state index contributed by atoms with van der Waals surface area (Å²) in [5, 5.41) is 4.17. The van der Waals surface area contributed by atoms with Crippen LogP contribution in [0.15, 0.2) is 18.2 Å². The quantitative estimate of drug-likeness (QED) is 0.839. The third kappa shape index (κ3) is 4.51.